The summed E-state index contributed by atoms with van der Waals surface area (Å²) in [5.41, 5.74) is 1.09. The van der Waals surface area contributed by atoms with Crippen LogP contribution in [0.15, 0.2) is 23.4 Å². The lowest BCUT2D eigenvalue weighted by atomic mass is 9.97. The number of benzene rings is 1. The van der Waals surface area contributed by atoms with Crippen LogP contribution in [0, 0.1) is 11.7 Å². The summed E-state index contributed by atoms with van der Waals surface area (Å²) >= 11 is 0. The summed E-state index contributed by atoms with van der Waals surface area (Å²) in [5.74, 6) is -0.600. The minimum absolute atomic E-state index is 0.0139. The van der Waals surface area contributed by atoms with Crippen molar-refractivity contribution in [3.8, 4) is 5.75 Å². The molecule has 0 spiro atoms. The molecule has 20 heavy (non-hydrogen) atoms. The first-order valence-electron chi connectivity index (χ1n) is 6.40. The van der Waals surface area contributed by atoms with Gasteiger partial charge in [-0.05, 0) is 18.2 Å². The highest BCUT2D eigenvalue weighted by Gasteiger charge is 2.26. The zero-order chi connectivity index (χ0) is 14.7. The molecule has 1 N–H and O–H groups in total. The minimum atomic E-state index is -0.495. The molecule has 0 saturated carbocycles. The van der Waals surface area contributed by atoms with Gasteiger partial charge in [0.1, 0.15) is 0 Å². The van der Waals surface area contributed by atoms with Gasteiger partial charge in [0.15, 0.2) is 11.6 Å². The van der Waals surface area contributed by atoms with Crippen LogP contribution in [0.4, 0.5) is 4.39 Å². The molecule has 1 aromatic rings. The van der Waals surface area contributed by atoms with Crippen molar-refractivity contribution < 1.29 is 19.1 Å². The quantitative estimate of drug-likeness (QED) is 0.667. The molecular weight excluding hydrogens is 263 g/mol. The SMILES string of the molecule is COc1cc(C(=O)N2CC/C(=N/O)C(C)C2)ccc1F. The Balaban J connectivity index is 2.16. The summed E-state index contributed by atoms with van der Waals surface area (Å²) in [7, 11) is 1.36. The number of nitrogens with zero attached hydrogens (tertiary/aromatic N) is 2. The summed E-state index contributed by atoms with van der Waals surface area (Å²) < 4.78 is 18.2. The van der Waals surface area contributed by atoms with Crippen molar-refractivity contribution in [1.82, 2.24) is 4.90 Å². The highest BCUT2D eigenvalue weighted by atomic mass is 19.1. The number of hydrogen-bond acceptors (Lipinski definition) is 4. The number of carbonyl (C=O) groups excluding carboxylic acids is 1. The van der Waals surface area contributed by atoms with E-state index in [0.717, 1.165) is 0 Å². The number of likely N-dealkylation sites (tertiary alicyclic amines) is 1. The van der Waals surface area contributed by atoms with Crippen LogP contribution in [0.3, 0.4) is 0 Å². The van der Waals surface area contributed by atoms with E-state index in [0.29, 0.717) is 30.8 Å². The zero-order valence-corrected chi connectivity index (χ0v) is 11.5. The fourth-order valence-corrected chi connectivity index (χ4v) is 2.33. The molecule has 0 radical (unpaired) electrons. The van der Waals surface area contributed by atoms with E-state index < -0.39 is 5.82 Å². The third-order valence-electron chi connectivity index (χ3n) is 3.51. The number of piperidine rings is 1. The van der Waals surface area contributed by atoms with Crippen LogP contribution in [0.25, 0.3) is 0 Å². The molecule has 1 amide bonds. The van der Waals surface area contributed by atoms with Gasteiger partial charge in [-0.3, -0.25) is 4.79 Å². The van der Waals surface area contributed by atoms with Crippen molar-refractivity contribution in [2.24, 2.45) is 11.1 Å². The standard InChI is InChI=1S/C14H17FN2O3/c1-9-8-17(6-5-12(9)16-19)14(18)10-3-4-11(15)13(7-10)20-2/h3-4,7,9,19H,5-6,8H2,1-2H3/b16-12-. The van der Waals surface area contributed by atoms with Crippen LogP contribution in [-0.2, 0) is 0 Å². The van der Waals surface area contributed by atoms with Gasteiger partial charge < -0.3 is 14.8 Å². The van der Waals surface area contributed by atoms with E-state index in [1.54, 1.807) is 4.90 Å². The van der Waals surface area contributed by atoms with Gasteiger partial charge in [-0.15, -0.1) is 0 Å². The first-order valence-corrected chi connectivity index (χ1v) is 6.40. The Morgan fingerprint density at radius 2 is 2.30 bits per heavy atom. The number of carbonyl (C=O) groups is 1. The van der Waals surface area contributed by atoms with E-state index in [-0.39, 0.29) is 17.6 Å². The van der Waals surface area contributed by atoms with E-state index in [4.69, 9.17) is 9.94 Å². The fourth-order valence-electron chi connectivity index (χ4n) is 2.33. The lowest BCUT2D eigenvalue weighted by Crippen LogP contribution is -2.43. The van der Waals surface area contributed by atoms with Crippen LogP contribution >= 0.6 is 0 Å². The maximum atomic E-state index is 13.3. The van der Waals surface area contributed by atoms with Gasteiger partial charge in [0.25, 0.3) is 5.91 Å². The fraction of sp³-hybridized carbons (Fsp3) is 0.429. The average Bonchev–Trinajstić information content (AvgIpc) is 2.47. The second kappa shape index (κ2) is 5.90. The van der Waals surface area contributed by atoms with Crippen LogP contribution in [0.1, 0.15) is 23.7 Å². The number of halogens is 1. The largest absolute Gasteiger partial charge is 0.494 e. The maximum absolute atomic E-state index is 13.3. The first kappa shape index (κ1) is 14.3. The third kappa shape index (κ3) is 2.74. The summed E-state index contributed by atoms with van der Waals surface area (Å²) in [5, 5.41) is 12.1. The van der Waals surface area contributed by atoms with E-state index in [9.17, 15) is 9.18 Å². The molecule has 1 saturated heterocycles. The monoisotopic (exact) mass is 280 g/mol. The molecule has 6 heteroatoms. The predicted molar refractivity (Wildman–Crippen MR) is 71.9 cm³/mol. The third-order valence-corrected chi connectivity index (χ3v) is 3.51. The van der Waals surface area contributed by atoms with Gasteiger partial charge in [-0.1, -0.05) is 12.1 Å². The summed E-state index contributed by atoms with van der Waals surface area (Å²) in [6.07, 6.45) is 0.543. The number of ether oxygens (including phenoxy) is 1. The van der Waals surface area contributed by atoms with E-state index in [1.165, 1.54) is 25.3 Å². The van der Waals surface area contributed by atoms with Crippen molar-refractivity contribution in [2.75, 3.05) is 20.2 Å². The Morgan fingerprint density at radius 1 is 1.55 bits per heavy atom. The molecule has 1 aliphatic heterocycles. The number of methoxy groups -OCH3 is 1. The smallest absolute Gasteiger partial charge is 0.254 e. The lowest BCUT2D eigenvalue weighted by Gasteiger charge is -2.31. The van der Waals surface area contributed by atoms with E-state index in [2.05, 4.69) is 5.16 Å². The molecule has 1 heterocycles. The molecule has 1 fully saturated rings. The number of amides is 1. The van der Waals surface area contributed by atoms with Crippen molar-refractivity contribution in [1.29, 1.82) is 0 Å². The van der Waals surface area contributed by atoms with Crippen molar-refractivity contribution in [3.05, 3.63) is 29.6 Å². The minimum Gasteiger partial charge on any atom is -0.494 e. The summed E-state index contributed by atoms with van der Waals surface area (Å²) in [6.45, 7) is 2.87. The molecule has 5 nitrogen and oxygen atoms in total. The molecule has 0 bridgehead atoms. The molecule has 1 aliphatic rings. The van der Waals surface area contributed by atoms with Gasteiger partial charge in [-0.2, -0.15) is 0 Å². The predicted octanol–water partition coefficient (Wildman–Crippen LogP) is 2.15. The van der Waals surface area contributed by atoms with Gasteiger partial charge in [0.2, 0.25) is 0 Å². The Bertz CT molecular complexity index is 545. The number of oxime groups is 1. The second-order valence-corrected chi connectivity index (χ2v) is 4.84. The Labute approximate surface area is 116 Å². The molecule has 1 aromatic carbocycles. The van der Waals surface area contributed by atoms with E-state index >= 15 is 0 Å². The molecule has 1 unspecified atom stereocenters. The first-order chi connectivity index (χ1) is 9.56. The maximum Gasteiger partial charge on any atom is 0.254 e. The van der Waals surface area contributed by atoms with Crippen molar-refractivity contribution >= 4 is 11.6 Å². The molecule has 108 valence electrons. The number of rotatable bonds is 2. The Hall–Kier alpha value is -2.11. The zero-order valence-electron chi connectivity index (χ0n) is 11.5. The summed E-state index contributed by atoms with van der Waals surface area (Å²) in [4.78, 5) is 14.0. The molecular formula is C14H17FN2O3. The average molecular weight is 280 g/mol. The normalized spacial score (nSPS) is 21.1. The Morgan fingerprint density at radius 3 is 2.90 bits per heavy atom. The van der Waals surface area contributed by atoms with Crippen molar-refractivity contribution in [3.63, 3.8) is 0 Å². The van der Waals surface area contributed by atoms with Crippen LogP contribution in [0.2, 0.25) is 0 Å². The molecule has 0 aliphatic carbocycles. The van der Waals surface area contributed by atoms with Gasteiger partial charge in [0.05, 0.1) is 12.8 Å². The molecule has 1 atom stereocenters. The van der Waals surface area contributed by atoms with Crippen LogP contribution in [-0.4, -0.2) is 41.9 Å². The topological polar surface area (TPSA) is 62.1 Å². The lowest BCUT2D eigenvalue weighted by molar-refractivity contribution is 0.0733. The summed E-state index contributed by atoms with van der Waals surface area (Å²) in [6, 6.07) is 4.07. The second-order valence-electron chi connectivity index (χ2n) is 4.84. The van der Waals surface area contributed by atoms with Gasteiger partial charge in [0, 0.05) is 31.0 Å². The highest BCUT2D eigenvalue weighted by Crippen LogP contribution is 2.21. The molecule has 2 rings (SSSR count). The van der Waals surface area contributed by atoms with E-state index in [1.807, 2.05) is 6.92 Å². The van der Waals surface area contributed by atoms with Gasteiger partial charge >= 0.3 is 0 Å². The molecule has 0 aromatic heterocycles. The highest BCUT2D eigenvalue weighted by molar-refractivity contribution is 5.96. The van der Waals surface area contributed by atoms with Crippen LogP contribution < -0.4 is 4.74 Å². The van der Waals surface area contributed by atoms with Gasteiger partial charge in [-0.25, -0.2) is 4.39 Å². The van der Waals surface area contributed by atoms with Crippen molar-refractivity contribution in [2.45, 2.75) is 13.3 Å². The number of hydrogen-bond donors (Lipinski definition) is 1. The van der Waals surface area contributed by atoms with Crippen LogP contribution in [0.5, 0.6) is 5.75 Å². The Kier molecular flexibility index (Phi) is 4.22.